The minimum absolute atomic E-state index is 0.0537. The van der Waals surface area contributed by atoms with Crippen molar-refractivity contribution in [1.29, 1.82) is 0 Å². The Morgan fingerprint density at radius 1 is 1.48 bits per heavy atom. The van der Waals surface area contributed by atoms with E-state index in [1.54, 1.807) is 36.4 Å². The van der Waals surface area contributed by atoms with Gasteiger partial charge in [-0.1, -0.05) is 12.1 Å². The zero-order valence-corrected chi connectivity index (χ0v) is 14.4. The molecule has 134 valence electrons. The number of aliphatic hydroxyl groups excluding tert-OH is 1. The van der Waals surface area contributed by atoms with Crippen molar-refractivity contribution in [2.75, 3.05) is 32.1 Å². The number of Topliss-reactive ketones (excluding diaryl/α,β-unsaturated/α-hetero) is 1. The van der Waals surface area contributed by atoms with Crippen molar-refractivity contribution in [2.24, 2.45) is 0 Å². The first kappa shape index (κ1) is 18.8. The first-order valence-electron chi connectivity index (χ1n) is 7.47. The predicted molar refractivity (Wildman–Crippen MR) is 93.0 cm³/mol. The number of benzene rings is 1. The van der Waals surface area contributed by atoms with E-state index in [-0.39, 0.29) is 23.9 Å². The van der Waals surface area contributed by atoms with Gasteiger partial charge in [0.1, 0.15) is 6.20 Å². The minimum Gasteiger partial charge on any atom is -0.406 e. The summed E-state index contributed by atoms with van der Waals surface area (Å²) in [4.78, 5) is 32.0. The summed E-state index contributed by atoms with van der Waals surface area (Å²) in [5, 5.41) is 24.0. The van der Waals surface area contributed by atoms with Crippen LogP contribution in [0, 0.1) is 10.1 Å². The van der Waals surface area contributed by atoms with Crippen LogP contribution in [0.2, 0.25) is 0 Å². The first-order valence-corrected chi connectivity index (χ1v) is 8.29. The Morgan fingerprint density at radius 2 is 2.24 bits per heavy atom. The molecule has 10 heteroatoms. The third-order valence-electron chi connectivity index (χ3n) is 3.15. The standard InChI is InChI=1S/C15H18N4O5S/c1-18(7-4-8-20)24-13-6-3-2-5-11(13)12(21)9-16-15-17-10-14(25-15)19(22)23/h2-3,5-6,10,20H,4,7-9H2,1H3,(H,16,17). The molecule has 0 aliphatic heterocycles. The maximum atomic E-state index is 12.4. The lowest BCUT2D eigenvalue weighted by Gasteiger charge is -2.19. The van der Waals surface area contributed by atoms with Gasteiger partial charge < -0.3 is 15.3 Å². The number of hydrogen-bond acceptors (Lipinski definition) is 9. The summed E-state index contributed by atoms with van der Waals surface area (Å²) < 4.78 is 0. The lowest BCUT2D eigenvalue weighted by molar-refractivity contribution is -0.380. The summed E-state index contributed by atoms with van der Waals surface area (Å²) in [5.74, 6) is 0.170. The van der Waals surface area contributed by atoms with Gasteiger partial charge in [-0.15, -0.1) is 5.06 Å². The third-order valence-corrected chi connectivity index (χ3v) is 4.05. The second-order valence-corrected chi connectivity index (χ2v) is 6.06. The van der Waals surface area contributed by atoms with Crippen LogP contribution in [0.3, 0.4) is 0 Å². The van der Waals surface area contributed by atoms with Crippen LogP contribution < -0.4 is 10.2 Å². The van der Waals surface area contributed by atoms with Gasteiger partial charge in [0.25, 0.3) is 0 Å². The zero-order valence-electron chi connectivity index (χ0n) is 13.5. The van der Waals surface area contributed by atoms with E-state index >= 15 is 0 Å². The Morgan fingerprint density at radius 3 is 2.92 bits per heavy atom. The number of rotatable bonds is 10. The number of thiazole rings is 1. The molecule has 25 heavy (non-hydrogen) atoms. The largest absolute Gasteiger partial charge is 0.406 e. The van der Waals surface area contributed by atoms with Crippen molar-refractivity contribution < 1.29 is 19.7 Å². The fourth-order valence-corrected chi connectivity index (χ4v) is 2.59. The molecule has 0 aliphatic carbocycles. The summed E-state index contributed by atoms with van der Waals surface area (Å²) in [5.41, 5.74) is 0.386. The highest BCUT2D eigenvalue weighted by atomic mass is 32.1. The van der Waals surface area contributed by atoms with Crippen LogP contribution in [0.5, 0.6) is 5.75 Å². The van der Waals surface area contributed by atoms with Gasteiger partial charge >= 0.3 is 5.00 Å². The minimum atomic E-state index is -0.532. The quantitative estimate of drug-likeness (QED) is 0.372. The van der Waals surface area contributed by atoms with Crippen molar-refractivity contribution in [2.45, 2.75) is 6.42 Å². The molecule has 2 N–H and O–H groups in total. The SMILES string of the molecule is CN(CCCO)Oc1ccccc1C(=O)CNc1ncc([N+](=O)[O-])s1. The summed E-state index contributed by atoms with van der Waals surface area (Å²) in [6, 6.07) is 6.80. The Balaban J connectivity index is 1.99. The lowest BCUT2D eigenvalue weighted by Crippen LogP contribution is -2.26. The van der Waals surface area contributed by atoms with Crippen molar-refractivity contribution in [3.63, 3.8) is 0 Å². The second kappa shape index (κ2) is 9.06. The number of nitrogens with one attached hydrogen (secondary N) is 1. The van der Waals surface area contributed by atoms with E-state index in [2.05, 4.69) is 10.3 Å². The molecule has 1 heterocycles. The van der Waals surface area contributed by atoms with Gasteiger partial charge in [-0.3, -0.25) is 14.9 Å². The number of nitrogens with zero attached hydrogens (tertiary/aromatic N) is 3. The summed E-state index contributed by atoms with van der Waals surface area (Å²) in [7, 11) is 1.71. The number of hydroxylamine groups is 2. The number of carbonyl (C=O) groups excluding carboxylic acids is 1. The van der Waals surface area contributed by atoms with Gasteiger partial charge in [-0.25, -0.2) is 4.98 Å². The average molecular weight is 366 g/mol. The topological polar surface area (TPSA) is 118 Å². The van der Waals surface area contributed by atoms with E-state index in [0.29, 0.717) is 29.4 Å². The fourth-order valence-electron chi connectivity index (χ4n) is 1.97. The first-order chi connectivity index (χ1) is 12.0. The zero-order chi connectivity index (χ0) is 18.2. The molecule has 0 unspecified atom stereocenters. The number of ketones is 1. The molecule has 0 saturated carbocycles. The maximum Gasteiger partial charge on any atom is 0.345 e. The van der Waals surface area contributed by atoms with E-state index in [9.17, 15) is 14.9 Å². The summed E-state index contributed by atoms with van der Waals surface area (Å²) in [6.07, 6.45) is 1.70. The molecule has 0 radical (unpaired) electrons. The number of anilines is 1. The number of aliphatic hydroxyl groups is 1. The highest BCUT2D eigenvalue weighted by Crippen LogP contribution is 2.25. The van der Waals surface area contributed by atoms with Gasteiger partial charge in [0.15, 0.2) is 16.7 Å². The highest BCUT2D eigenvalue weighted by Gasteiger charge is 2.16. The van der Waals surface area contributed by atoms with Crippen LogP contribution in [-0.2, 0) is 0 Å². The Labute approximate surface area is 148 Å². The third kappa shape index (κ3) is 5.48. The summed E-state index contributed by atoms with van der Waals surface area (Å²) >= 11 is 0.865. The molecule has 0 spiro atoms. The van der Waals surface area contributed by atoms with Crippen molar-refractivity contribution in [3.8, 4) is 5.75 Å². The molecule has 9 nitrogen and oxygen atoms in total. The number of carbonyl (C=O) groups is 1. The van der Waals surface area contributed by atoms with Gasteiger partial charge in [-0.2, -0.15) is 0 Å². The normalized spacial score (nSPS) is 10.7. The van der Waals surface area contributed by atoms with E-state index in [4.69, 9.17) is 9.94 Å². The predicted octanol–water partition coefficient (Wildman–Crippen LogP) is 1.95. The highest BCUT2D eigenvalue weighted by molar-refractivity contribution is 7.18. The van der Waals surface area contributed by atoms with Gasteiger partial charge in [-0.05, 0) is 29.9 Å². The van der Waals surface area contributed by atoms with Gasteiger partial charge in [0.2, 0.25) is 0 Å². The Bertz CT molecular complexity index is 736. The Kier molecular flexibility index (Phi) is 6.81. The maximum absolute atomic E-state index is 12.4. The molecule has 0 saturated heterocycles. The molecule has 0 amide bonds. The van der Waals surface area contributed by atoms with Gasteiger partial charge in [0.05, 0.1) is 17.0 Å². The van der Waals surface area contributed by atoms with E-state index in [0.717, 1.165) is 17.5 Å². The Hall–Kier alpha value is -2.56. The fraction of sp³-hybridized carbons (Fsp3) is 0.333. The molecule has 1 aromatic carbocycles. The van der Waals surface area contributed by atoms with Crippen LogP contribution in [-0.4, -0.2) is 52.6 Å². The van der Waals surface area contributed by atoms with Gasteiger partial charge in [0, 0.05) is 20.2 Å². The van der Waals surface area contributed by atoms with Crippen LogP contribution >= 0.6 is 11.3 Å². The van der Waals surface area contributed by atoms with Crippen LogP contribution in [0.15, 0.2) is 30.5 Å². The monoisotopic (exact) mass is 366 g/mol. The number of para-hydroxylation sites is 1. The molecule has 0 bridgehead atoms. The van der Waals surface area contributed by atoms with Crippen LogP contribution in [0.4, 0.5) is 10.1 Å². The van der Waals surface area contributed by atoms with Crippen molar-refractivity contribution in [3.05, 3.63) is 46.1 Å². The molecule has 2 aromatic rings. The van der Waals surface area contributed by atoms with Crippen molar-refractivity contribution in [1.82, 2.24) is 10.0 Å². The molecule has 0 atom stereocenters. The lowest BCUT2D eigenvalue weighted by atomic mass is 10.1. The number of hydrogen-bond donors (Lipinski definition) is 2. The molecule has 1 aromatic heterocycles. The van der Waals surface area contributed by atoms with Crippen LogP contribution in [0.25, 0.3) is 0 Å². The number of aromatic nitrogens is 1. The van der Waals surface area contributed by atoms with E-state index in [1.807, 2.05) is 0 Å². The average Bonchev–Trinajstić information content (AvgIpc) is 3.07. The molecular weight excluding hydrogens is 348 g/mol. The molecule has 0 aliphatic rings. The van der Waals surface area contributed by atoms with E-state index in [1.165, 1.54) is 0 Å². The second-order valence-electron chi connectivity index (χ2n) is 5.05. The van der Waals surface area contributed by atoms with E-state index < -0.39 is 4.92 Å². The summed E-state index contributed by atoms with van der Waals surface area (Å²) in [6.45, 7) is 0.504. The smallest absolute Gasteiger partial charge is 0.345 e. The molecule has 0 fully saturated rings. The van der Waals surface area contributed by atoms with Crippen molar-refractivity contribution >= 4 is 27.3 Å². The van der Waals surface area contributed by atoms with Crippen LogP contribution in [0.1, 0.15) is 16.8 Å². The number of nitro groups is 1. The molecule has 2 rings (SSSR count). The molecular formula is C15H18N4O5S.